The van der Waals surface area contributed by atoms with Crippen molar-refractivity contribution >= 4 is 5.69 Å². The van der Waals surface area contributed by atoms with Crippen LogP contribution in [0.1, 0.15) is 32.8 Å². The van der Waals surface area contributed by atoms with Crippen LogP contribution in [0, 0.1) is 12.8 Å². The van der Waals surface area contributed by atoms with E-state index in [0.717, 1.165) is 11.6 Å². The van der Waals surface area contributed by atoms with Gasteiger partial charge >= 0.3 is 0 Å². The smallest absolute Gasteiger partial charge is 0.0558 e. The van der Waals surface area contributed by atoms with Crippen LogP contribution in [0.5, 0.6) is 0 Å². The first-order valence-electron chi connectivity index (χ1n) is 5.26. The molecular weight excluding hydrogens is 172 g/mol. The van der Waals surface area contributed by atoms with Crippen molar-refractivity contribution in [3.63, 3.8) is 0 Å². The maximum atomic E-state index is 4.12. The maximum Gasteiger partial charge on any atom is 0.0558 e. The minimum atomic E-state index is 0.512. The summed E-state index contributed by atoms with van der Waals surface area (Å²) in [5, 5.41) is 3.48. The molecule has 14 heavy (non-hydrogen) atoms. The van der Waals surface area contributed by atoms with Gasteiger partial charge in [-0.3, -0.25) is 4.98 Å². The van der Waals surface area contributed by atoms with Gasteiger partial charge in [-0.25, -0.2) is 0 Å². The largest absolute Gasteiger partial charge is 0.381 e. The number of pyridine rings is 1. The van der Waals surface area contributed by atoms with E-state index in [0.29, 0.717) is 6.04 Å². The molecule has 1 aromatic heterocycles. The van der Waals surface area contributed by atoms with Gasteiger partial charge in [0.2, 0.25) is 0 Å². The highest BCUT2D eigenvalue weighted by molar-refractivity contribution is 5.48. The Kier molecular flexibility index (Phi) is 3.93. The SMILES string of the molecule is Cc1ccncc1N[C@@H](C)CC(C)C. The summed E-state index contributed by atoms with van der Waals surface area (Å²) >= 11 is 0. The van der Waals surface area contributed by atoms with E-state index >= 15 is 0 Å². The molecule has 0 amide bonds. The molecule has 0 aliphatic carbocycles. The van der Waals surface area contributed by atoms with Crippen LogP contribution in [0.2, 0.25) is 0 Å². The lowest BCUT2D eigenvalue weighted by molar-refractivity contribution is 0.539. The van der Waals surface area contributed by atoms with Crippen LogP contribution in [0.25, 0.3) is 0 Å². The van der Waals surface area contributed by atoms with Crippen LogP contribution in [0.4, 0.5) is 5.69 Å². The fraction of sp³-hybridized carbons (Fsp3) is 0.583. The summed E-state index contributed by atoms with van der Waals surface area (Å²) in [5.74, 6) is 0.731. The fourth-order valence-corrected chi connectivity index (χ4v) is 1.65. The monoisotopic (exact) mass is 192 g/mol. The number of hydrogen-bond donors (Lipinski definition) is 1. The summed E-state index contributed by atoms with van der Waals surface area (Å²) in [5.41, 5.74) is 2.41. The molecule has 0 bridgehead atoms. The van der Waals surface area contributed by atoms with Gasteiger partial charge in [0.1, 0.15) is 0 Å². The number of aryl methyl sites for hydroxylation is 1. The zero-order valence-corrected chi connectivity index (χ0v) is 9.54. The molecule has 0 aliphatic rings. The first-order valence-corrected chi connectivity index (χ1v) is 5.26. The number of nitrogens with one attached hydrogen (secondary N) is 1. The molecule has 2 heteroatoms. The number of nitrogens with zero attached hydrogens (tertiary/aromatic N) is 1. The molecule has 0 fully saturated rings. The molecular formula is C12H20N2. The third kappa shape index (κ3) is 3.36. The number of hydrogen-bond acceptors (Lipinski definition) is 2. The third-order valence-corrected chi connectivity index (χ3v) is 2.27. The Hall–Kier alpha value is -1.05. The van der Waals surface area contributed by atoms with Gasteiger partial charge in [-0.1, -0.05) is 13.8 Å². The van der Waals surface area contributed by atoms with Gasteiger partial charge in [-0.05, 0) is 37.8 Å². The van der Waals surface area contributed by atoms with Crippen LogP contribution >= 0.6 is 0 Å². The number of aromatic nitrogens is 1. The molecule has 0 spiro atoms. The fourth-order valence-electron chi connectivity index (χ4n) is 1.65. The van der Waals surface area contributed by atoms with Crippen LogP contribution in [-0.4, -0.2) is 11.0 Å². The van der Waals surface area contributed by atoms with Gasteiger partial charge in [0, 0.05) is 12.2 Å². The van der Waals surface area contributed by atoms with Crippen LogP contribution in [0.15, 0.2) is 18.5 Å². The molecule has 1 rings (SSSR count). The molecule has 0 saturated heterocycles. The molecule has 0 aromatic carbocycles. The topological polar surface area (TPSA) is 24.9 Å². The maximum absolute atomic E-state index is 4.12. The van der Waals surface area contributed by atoms with E-state index in [1.807, 2.05) is 18.5 Å². The Morgan fingerprint density at radius 3 is 2.64 bits per heavy atom. The quantitative estimate of drug-likeness (QED) is 0.792. The van der Waals surface area contributed by atoms with Crippen molar-refractivity contribution in [1.82, 2.24) is 4.98 Å². The highest BCUT2D eigenvalue weighted by atomic mass is 14.9. The minimum Gasteiger partial charge on any atom is -0.381 e. The van der Waals surface area contributed by atoms with Gasteiger partial charge in [0.25, 0.3) is 0 Å². The molecule has 78 valence electrons. The zero-order valence-electron chi connectivity index (χ0n) is 9.54. The lowest BCUT2D eigenvalue weighted by atomic mass is 10.0. The van der Waals surface area contributed by atoms with Gasteiger partial charge in [0.05, 0.1) is 11.9 Å². The molecule has 1 atom stereocenters. The van der Waals surface area contributed by atoms with E-state index in [4.69, 9.17) is 0 Å². The van der Waals surface area contributed by atoms with Gasteiger partial charge in [-0.15, -0.1) is 0 Å². The highest BCUT2D eigenvalue weighted by Crippen LogP contribution is 2.15. The Balaban J connectivity index is 2.56. The number of anilines is 1. The second kappa shape index (κ2) is 4.99. The molecule has 2 nitrogen and oxygen atoms in total. The molecule has 1 aromatic rings. The van der Waals surface area contributed by atoms with Crippen molar-refractivity contribution < 1.29 is 0 Å². The van der Waals surface area contributed by atoms with E-state index in [1.54, 1.807) is 0 Å². The van der Waals surface area contributed by atoms with Crippen molar-refractivity contribution in [2.45, 2.75) is 40.2 Å². The summed E-state index contributed by atoms with van der Waals surface area (Å²) in [7, 11) is 0. The zero-order chi connectivity index (χ0) is 10.6. The van der Waals surface area contributed by atoms with Gasteiger partial charge in [0.15, 0.2) is 0 Å². The predicted molar refractivity (Wildman–Crippen MR) is 61.5 cm³/mol. The van der Waals surface area contributed by atoms with E-state index in [9.17, 15) is 0 Å². The number of rotatable bonds is 4. The average molecular weight is 192 g/mol. The van der Waals surface area contributed by atoms with Crippen molar-refractivity contribution in [3.05, 3.63) is 24.0 Å². The average Bonchev–Trinajstić information content (AvgIpc) is 2.07. The molecule has 0 saturated carbocycles. The van der Waals surface area contributed by atoms with E-state index in [2.05, 4.69) is 38.0 Å². The lowest BCUT2D eigenvalue weighted by Crippen LogP contribution is -2.18. The van der Waals surface area contributed by atoms with Gasteiger partial charge in [-0.2, -0.15) is 0 Å². The summed E-state index contributed by atoms with van der Waals surface area (Å²) in [4.78, 5) is 4.12. The molecule has 0 aliphatic heterocycles. The van der Waals surface area contributed by atoms with E-state index in [-0.39, 0.29) is 0 Å². The first-order chi connectivity index (χ1) is 6.59. The Labute approximate surface area is 86.8 Å². The molecule has 0 radical (unpaired) electrons. The first kappa shape index (κ1) is 11.0. The van der Waals surface area contributed by atoms with Crippen molar-refractivity contribution in [3.8, 4) is 0 Å². The van der Waals surface area contributed by atoms with Crippen LogP contribution in [0.3, 0.4) is 0 Å². The van der Waals surface area contributed by atoms with Crippen molar-refractivity contribution in [2.24, 2.45) is 5.92 Å². The normalized spacial score (nSPS) is 12.9. The summed E-state index contributed by atoms with van der Waals surface area (Å²) in [6.07, 6.45) is 4.91. The van der Waals surface area contributed by atoms with E-state index < -0.39 is 0 Å². The minimum absolute atomic E-state index is 0.512. The predicted octanol–water partition coefficient (Wildman–Crippen LogP) is 3.24. The van der Waals surface area contributed by atoms with Crippen LogP contribution in [-0.2, 0) is 0 Å². The summed E-state index contributed by atoms with van der Waals surface area (Å²) in [6.45, 7) is 8.81. The Morgan fingerprint density at radius 2 is 2.07 bits per heavy atom. The standard InChI is InChI=1S/C12H20N2/c1-9(2)7-11(4)14-12-8-13-6-5-10(12)3/h5-6,8-9,11,14H,7H2,1-4H3/t11-/m0/s1. The van der Waals surface area contributed by atoms with Crippen LogP contribution < -0.4 is 5.32 Å². The summed E-state index contributed by atoms with van der Waals surface area (Å²) in [6, 6.07) is 2.54. The second-order valence-electron chi connectivity index (χ2n) is 4.37. The molecule has 0 unspecified atom stereocenters. The Bertz CT molecular complexity index is 281. The second-order valence-corrected chi connectivity index (χ2v) is 4.37. The molecule has 1 heterocycles. The Morgan fingerprint density at radius 1 is 1.36 bits per heavy atom. The third-order valence-electron chi connectivity index (χ3n) is 2.27. The lowest BCUT2D eigenvalue weighted by Gasteiger charge is -2.18. The van der Waals surface area contributed by atoms with Gasteiger partial charge < -0.3 is 5.32 Å². The highest BCUT2D eigenvalue weighted by Gasteiger charge is 2.05. The van der Waals surface area contributed by atoms with E-state index in [1.165, 1.54) is 12.0 Å². The summed E-state index contributed by atoms with van der Waals surface area (Å²) < 4.78 is 0. The van der Waals surface area contributed by atoms with Crippen molar-refractivity contribution in [2.75, 3.05) is 5.32 Å². The van der Waals surface area contributed by atoms with Crippen molar-refractivity contribution in [1.29, 1.82) is 0 Å². The molecule has 1 N–H and O–H groups in total.